The Balaban J connectivity index is 2.13. The summed E-state index contributed by atoms with van der Waals surface area (Å²) in [4.78, 5) is 14.1. The molecule has 0 bridgehead atoms. The van der Waals surface area contributed by atoms with Gasteiger partial charge in [0.05, 0.1) is 5.25 Å². The number of sulfonamides is 1. The summed E-state index contributed by atoms with van der Waals surface area (Å²) in [6.45, 7) is 0. The number of carbonyl (C=O) groups is 1. The van der Waals surface area contributed by atoms with Crippen LogP contribution in [0.4, 0.5) is 5.13 Å². The van der Waals surface area contributed by atoms with Crippen molar-refractivity contribution in [3.05, 3.63) is 11.1 Å². The Bertz CT molecular complexity index is 447. The molecule has 0 spiro atoms. The van der Waals surface area contributed by atoms with Gasteiger partial charge in [-0.25, -0.2) is 13.4 Å². The monoisotopic (exact) mass is 232 g/mol. The number of aromatic nitrogens is 1. The first-order valence-electron chi connectivity index (χ1n) is 4.04. The first-order valence-corrected chi connectivity index (χ1v) is 6.47. The van der Waals surface area contributed by atoms with Crippen LogP contribution in [-0.2, 0) is 10.0 Å². The van der Waals surface area contributed by atoms with Gasteiger partial charge in [0.1, 0.15) is 5.69 Å². The summed E-state index contributed by atoms with van der Waals surface area (Å²) >= 11 is 1.11. The molecular formula is C7H8N2O3S2. The molecule has 1 N–H and O–H groups in total. The summed E-state index contributed by atoms with van der Waals surface area (Å²) in [7, 11) is -3.25. The minimum Gasteiger partial charge on any atom is -0.296 e. The predicted octanol–water partition coefficient (Wildman–Crippen LogP) is 0.860. The zero-order chi connectivity index (χ0) is 10.2. The Morgan fingerprint density at radius 3 is 2.79 bits per heavy atom. The van der Waals surface area contributed by atoms with Gasteiger partial charge < -0.3 is 0 Å². The van der Waals surface area contributed by atoms with Crippen LogP contribution in [0.5, 0.6) is 0 Å². The molecule has 0 unspecified atom stereocenters. The first-order chi connectivity index (χ1) is 6.62. The van der Waals surface area contributed by atoms with Crippen molar-refractivity contribution < 1.29 is 13.2 Å². The van der Waals surface area contributed by atoms with Crippen molar-refractivity contribution in [2.24, 2.45) is 0 Å². The van der Waals surface area contributed by atoms with E-state index in [1.807, 2.05) is 0 Å². The molecule has 1 aliphatic rings. The van der Waals surface area contributed by atoms with Gasteiger partial charge in [0.2, 0.25) is 10.0 Å². The van der Waals surface area contributed by atoms with Gasteiger partial charge in [-0.3, -0.25) is 9.52 Å². The van der Waals surface area contributed by atoms with E-state index >= 15 is 0 Å². The Kier molecular flexibility index (Phi) is 2.28. The Morgan fingerprint density at radius 2 is 2.29 bits per heavy atom. The van der Waals surface area contributed by atoms with Crippen molar-refractivity contribution in [1.29, 1.82) is 0 Å². The number of carbonyl (C=O) groups excluding carboxylic acids is 1. The molecule has 0 atom stereocenters. The third-order valence-corrected chi connectivity index (χ3v) is 4.57. The van der Waals surface area contributed by atoms with Crippen molar-refractivity contribution in [2.45, 2.75) is 18.1 Å². The molecule has 0 aliphatic heterocycles. The van der Waals surface area contributed by atoms with Crippen LogP contribution in [0.15, 0.2) is 5.38 Å². The highest BCUT2D eigenvalue weighted by atomic mass is 32.2. The molecule has 1 aromatic heterocycles. The normalized spacial score (nSPS) is 16.6. The van der Waals surface area contributed by atoms with Gasteiger partial charge in [-0.05, 0) is 12.8 Å². The van der Waals surface area contributed by atoms with E-state index in [4.69, 9.17) is 0 Å². The first kappa shape index (κ1) is 9.60. The van der Waals surface area contributed by atoms with Crippen LogP contribution in [0.1, 0.15) is 23.3 Å². The predicted molar refractivity (Wildman–Crippen MR) is 53.1 cm³/mol. The zero-order valence-corrected chi connectivity index (χ0v) is 8.77. The minimum atomic E-state index is -3.25. The highest BCUT2D eigenvalue weighted by Crippen LogP contribution is 2.30. The number of anilines is 1. The Hall–Kier alpha value is -0.950. The molecule has 7 heteroatoms. The van der Waals surface area contributed by atoms with Gasteiger partial charge in [-0.1, -0.05) is 0 Å². The van der Waals surface area contributed by atoms with Gasteiger partial charge in [0.15, 0.2) is 11.4 Å². The van der Waals surface area contributed by atoms with Gasteiger partial charge in [-0.15, -0.1) is 11.3 Å². The van der Waals surface area contributed by atoms with Crippen LogP contribution in [0.3, 0.4) is 0 Å². The third-order valence-electron chi connectivity index (χ3n) is 1.84. The molecule has 2 rings (SSSR count). The lowest BCUT2D eigenvalue weighted by molar-refractivity contribution is 0.111. The van der Waals surface area contributed by atoms with E-state index in [1.165, 1.54) is 5.38 Å². The number of aldehydes is 1. The highest BCUT2D eigenvalue weighted by Gasteiger charge is 2.36. The van der Waals surface area contributed by atoms with E-state index in [9.17, 15) is 13.2 Å². The molecule has 0 amide bonds. The number of hydrogen-bond acceptors (Lipinski definition) is 5. The third kappa shape index (κ3) is 1.93. The fourth-order valence-corrected chi connectivity index (χ4v) is 3.22. The van der Waals surface area contributed by atoms with Crippen LogP contribution < -0.4 is 4.72 Å². The highest BCUT2D eigenvalue weighted by molar-refractivity contribution is 7.93. The van der Waals surface area contributed by atoms with E-state index in [0.29, 0.717) is 19.1 Å². The van der Waals surface area contributed by atoms with E-state index in [-0.39, 0.29) is 16.1 Å². The standard InChI is InChI=1S/C7H8N2O3S2/c10-3-5-4-13-7(8-5)9-14(11,12)6-1-2-6/h3-4,6H,1-2H2,(H,8,9). The molecule has 14 heavy (non-hydrogen) atoms. The summed E-state index contributed by atoms with van der Waals surface area (Å²) < 4.78 is 25.2. The van der Waals surface area contributed by atoms with Crippen molar-refractivity contribution in [1.82, 2.24) is 4.98 Å². The molecule has 76 valence electrons. The van der Waals surface area contributed by atoms with E-state index in [2.05, 4.69) is 9.71 Å². The zero-order valence-electron chi connectivity index (χ0n) is 7.13. The molecule has 1 saturated carbocycles. The topological polar surface area (TPSA) is 76.1 Å². The van der Waals surface area contributed by atoms with Crippen molar-refractivity contribution in [3.63, 3.8) is 0 Å². The maximum atomic E-state index is 11.4. The average Bonchev–Trinajstić information content (AvgIpc) is 2.89. The van der Waals surface area contributed by atoms with Crippen LogP contribution >= 0.6 is 11.3 Å². The quantitative estimate of drug-likeness (QED) is 0.781. The molecule has 1 fully saturated rings. The van der Waals surface area contributed by atoms with E-state index in [1.54, 1.807) is 0 Å². The second-order valence-electron chi connectivity index (χ2n) is 3.04. The van der Waals surface area contributed by atoms with Gasteiger partial charge in [0.25, 0.3) is 0 Å². The molecule has 1 aliphatic carbocycles. The summed E-state index contributed by atoms with van der Waals surface area (Å²) in [5, 5.41) is 1.50. The minimum absolute atomic E-state index is 0.253. The number of hydrogen-bond donors (Lipinski definition) is 1. The van der Waals surface area contributed by atoms with Crippen molar-refractivity contribution in [3.8, 4) is 0 Å². The number of thiazole rings is 1. The number of nitrogens with zero attached hydrogens (tertiary/aromatic N) is 1. The van der Waals surface area contributed by atoms with Crippen LogP contribution in [0.2, 0.25) is 0 Å². The smallest absolute Gasteiger partial charge is 0.237 e. The molecule has 0 saturated heterocycles. The maximum absolute atomic E-state index is 11.4. The average molecular weight is 232 g/mol. The molecular weight excluding hydrogens is 224 g/mol. The Labute approximate surface area is 85.2 Å². The Morgan fingerprint density at radius 1 is 1.57 bits per heavy atom. The van der Waals surface area contributed by atoms with Gasteiger partial charge in [-0.2, -0.15) is 0 Å². The van der Waals surface area contributed by atoms with Crippen molar-refractivity contribution >= 4 is 32.8 Å². The van der Waals surface area contributed by atoms with E-state index in [0.717, 1.165) is 11.3 Å². The summed E-state index contributed by atoms with van der Waals surface area (Å²) in [5.74, 6) is 0. The maximum Gasteiger partial charge on any atom is 0.237 e. The van der Waals surface area contributed by atoms with Crippen molar-refractivity contribution in [2.75, 3.05) is 4.72 Å². The fourth-order valence-electron chi connectivity index (χ4n) is 0.971. The lowest BCUT2D eigenvalue weighted by Gasteiger charge is -2.01. The summed E-state index contributed by atoms with van der Waals surface area (Å²) in [5.41, 5.74) is 0.253. The molecule has 0 aromatic carbocycles. The molecule has 0 radical (unpaired) electrons. The molecule has 5 nitrogen and oxygen atoms in total. The SMILES string of the molecule is O=Cc1csc(NS(=O)(=O)C2CC2)n1. The van der Waals surface area contributed by atoms with Crippen LogP contribution in [0.25, 0.3) is 0 Å². The largest absolute Gasteiger partial charge is 0.296 e. The second-order valence-corrected chi connectivity index (χ2v) is 5.86. The lowest BCUT2D eigenvalue weighted by Crippen LogP contribution is -2.17. The fraction of sp³-hybridized carbons (Fsp3) is 0.429. The summed E-state index contributed by atoms with van der Waals surface area (Å²) in [6.07, 6.45) is 2.01. The molecule has 1 aromatic rings. The van der Waals surface area contributed by atoms with Gasteiger partial charge in [0, 0.05) is 5.38 Å². The van der Waals surface area contributed by atoms with E-state index < -0.39 is 10.0 Å². The summed E-state index contributed by atoms with van der Waals surface area (Å²) in [6, 6.07) is 0. The lowest BCUT2D eigenvalue weighted by atomic mass is 10.6. The molecule has 1 heterocycles. The number of nitrogens with one attached hydrogen (secondary N) is 1. The second kappa shape index (κ2) is 3.32. The van der Waals surface area contributed by atoms with Crippen LogP contribution in [-0.4, -0.2) is 24.9 Å². The number of rotatable bonds is 4. The van der Waals surface area contributed by atoms with Gasteiger partial charge >= 0.3 is 0 Å². The van der Waals surface area contributed by atoms with Crippen LogP contribution in [0, 0.1) is 0 Å².